The second-order valence-electron chi connectivity index (χ2n) is 6.31. The summed E-state index contributed by atoms with van der Waals surface area (Å²) in [7, 11) is 0. The van der Waals surface area contributed by atoms with E-state index in [0.29, 0.717) is 28.2 Å². The van der Waals surface area contributed by atoms with E-state index in [4.69, 9.17) is 9.47 Å². The van der Waals surface area contributed by atoms with E-state index in [1.807, 2.05) is 30.3 Å². The van der Waals surface area contributed by atoms with Crippen LogP contribution in [-0.2, 0) is 0 Å². The second kappa shape index (κ2) is 7.44. The van der Waals surface area contributed by atoms with Crippen LogP contribution in [0.1, 0.15) is 31.8 Å². The second-order valence-corrected chi connectivity index (χ2v) is 7.23. The first-order chi connectivity index (χ1) is 13.5. The number of allylic oxidation sites excluding steroid dienone is 1. The van der Waals surface area contributed by atoms with E-state index in [2.05, 4.69) is 15.9 Å². The van der Waals surface area contributed by atoms with Crippen LogP contribution in [0.2, 0.25) is 0 Å². The van der Waals surface area contributed by atoms with Gasteiger partial charge in [0.05, 0.1) is 11.1 Å². The number of halogens is 1. The predicted molar refractivity (Wildman–Crippen MR) is 110 cm³/mol. The molecule has 0 spiro atoms. The number of hydrogen-bond acceptors (Lipinski definition) is 4. The van der Waals surface area contributed by atoms with Crippen molar-refractivity contribution in [2.24, 2.45) is 0 Å². The Morgan fingerprint density at radius 1 is 1.00 bits per heavy atom. The standard InChI is InChI=1S/C23H15BrO4/c1-14-19(28-23(26)16-7-9-17(24)10-8-16)12-11-18-21(25)20(27-22(14)18)13-15-5-3-2-4-6-15/h2-13H,1H3/b20-13-. The van der Waals surface area contributed by atoms with Gasteiger partial charge >= 0.3 is 5.97 Å². The van der Waals surface area contributed by atoms with Crippen molar-refractivity contribution in [3.05, 3.63) is 99.2 Å². The molecule has 0 atom stereocenters. The summed E-state index contributed by atoms with van der Waals surface area (Å²) in [5, 5.41) is 0. The average Bonchev–Trinajstić information content (AvgIpc) is 3.02. The molecular weight excluding hydrogens is 420 g/mol. The van der Waals surface area contributed by atoms with E-state index in [1.165, 1.54) is 0 Å². The van der Waals surface area contributed by atoms with Crippen LogP contribution in [0.15, 0.2) is 77.0 Å². The van der Waals surface area contributed by atoms with Crippen LogP contribution in [0.4, 0.5) is 0 Å². The van der Waals surface area contributed by atoms with Crippen molar-refractivity contribution in [2.75, 3.05) is 0 Å². The fraction of sp³-hybridized carbons (Fsp3) is 0.0435. The van der Waals surface area contributed by atoms with Gasteiger partial charge in [-0.1, -0.05) is 46.3 Å². The highest BCUT2D eigenvalue weighted by atomic mass is 79.9. The predicted octanol–water partition coefficient (Wildman–Crippen LogP) is 5.59. The van der Waals surface area contributed by atoms with Gasteiger partial charge in [0.2, 0.25) is 5.78 Å². The molecule has 1 heterocycles. The van der Waals surface area contributed by atoms with Crippen molar-refractivity contribution in [1.82, 2.24) is 0 Å². The van der Waals surface area contributed by atoms with E-state index in [-0.39, 0.29) is 11.5 Å². The molecule has 0 aromatic heterocycles. The monoisotopic (exact) mass is 434 g/mol. The molecule has 0 saturated carbocycles. The first kappa shape index (κ1) is 18.2. The zero-order valence-corrected chi connectivity index (χ0v) is 16.5. The summed E-state index contributed by atoms with van der Waals surface area (Å²) >= 11 is 3.34. The number of benzene rings is 3. The molecule has 4 rings (SSSR count). The molecular formula is C23H15BrO4. The minimum Gasteiger partial charge on any atom is -0.452 e. The third-order valence-corrected chi connectivity index (χ3v) is 4.95. The SMILES string of the molecule is Cc1c(OC(=O)c2ccc(Br)cc2)ccc2c1O/C(=C\c1ccccc1)C2=O. The molecule has 4 nitrogen and oxygen atoms in total. The molecule has 0 aliphatic carbocycles. The Hall–Kier alpha value is -3.18. The summed E-state index contributed by atoms with van der Waals surface area (Å²) in [5.41, 5.74) is 2.37. The molecule has 138 valence electrons. The fourth-order valence-corrected chi connectivity index (χ4v) is 3.19. The molecule has 0 fully saturated rings. The Labute approximate surface area is 170 Å². The highest BCUT2D eigenvalue weighted by molar-refractivity contribution is 9.10. The normalized spacial score (nSPS) is 13.9. The van der Waals surface area contributed by atoms with Gasteiger partial charge in [-0.2, -0.15) is 0 Å². The minimum atomic E-state index is -0.472. The summed E-state index contributed by atoms with van der Waals surface area (Å²) < 4.78 is 12.2. The van der Waals surface area contributed by atoms with Crippen molar-refractivity contribution in [1.29, 1.82) is 0 Å². The molecule has 0 bridgehead atoms. The highest BCUT2D eigenvalue weighted by Crippen LogP contribution is 2.39. The highest BCUT2D eigenvalue weighted by Gasteiger charge is 2.30. The number of rotatable bonds is 3. The van der Waals surface area contributed by atoms with Gasteiger partial charge in [0.1, 0.15) is 11.5 Å². The topological polar surface area (TPSA) is 52.6 Å². The third kappa shape index (κ3) is 3.49. The zero-order valence-electron chi connectivity index (χ0n) is 14.9. The Bertz CT molecular complexity index is 1100. The number of ketones is 1. The van der Waals surface area contributed by atoms with Gasteiger partial charge in [-0.15, -0.1) is 0 Å². The van der Waals surface area contributed by atoms with E-state index >= 15 is 0 Å². The molecule has 1 aliphatic heterocycles. The number of fused-ring (bicyclic) bond motifs is 1. The van der Waals surface area contributed by atoms with Crippen LogP contribution in [0.25, 0.3) is 6.08 Å². The fourth-order valence-electron chi connectivity index (χ4n) is 2.92. The number of esters is 1. The van der Waals surface area contributed by atoms with E-state index in [1.54, 1.807) is 49.4 Å². The summed E-state index contributed by atoms with van der Waals surface area (Å²) in [5.74, 6) is 0.377. The molecule has 5 heteroatoms. The van der Waals surface area contributed by atoms with Crippen molar-refractivity contribution < 1.29 is 19.1 Å². The largest absolute Gasteiger partial charge is 0.452 e. The van der Waals surface area contributed by atoms with Crippen molar-refractivity contribution >= 4 is 33.8 Å². The summed E-state index contributed by atoms with van der Waals surface area (Å²) in [6, 6.07) is 19.6. The van der Waals surface area contributed by atoms with Crippen molar-refractivity contribution in [3.8, 4) is 11.5 Å². The van der Waals surface area contributed by atoms with E-state index in [0.717, 1.165) is 10.0 Å². The lowest BCUT2D eigenvalue weighted by Crippen LogP contribution is -2.09. The van der Waals surface area contributed by atoms with Crippen LogP contribution in [0.3, 0.4) is 0 Å². The lowest BCUT2D eigenvalue weighted by molar-refractivity contribution is 0.0733. The first-order valence-electron chi connectivity index (χ1n) is 8.63. The number of ether oxygens (including phenoxy) is 2. The molecule has 0 saturated heterocycles. The summed E-state index contributed by atoms with van der Waals surface area (Å²) in [4.78, 5) is 25.0. The van der Waals surface area contributed by atoms with Crippen molar-refractivity contribution in [3.63, 3.8) is 0 Å². The molecule has 0 unspecified atom stereocenters. The number of carbonyl (C=O) groups excluding carboxylic acids is 2. The van der Waals surface area contributed by atoms with Gasteiger partial charge < -0.3 is 9.47 Å². The van der Waals surface area contributed by atoms with Gasteiger partial charge in [0.15, 0.2) is 5.76 Å². The number of Topliss-reactive ketones (excluding diaryl/α,β-unsaturated/α-hetero) is 1. The summed E-state index contributed by atoms with van der Waals surface area (Å²) in [6.07, 6.45) is 1.70. The van der Waals surface area contributed by atoms with Gasteiger partial charge in [0.25, 0.3) is 0 Å². The van der Waals surface area contributed by atoms with Gasteiger partial charge in [-0.25, -0.2) is 4.79 Å². The quantitative estimate of drug-likeness (QED) is 0.306. The van der Waals surface area contributed by atoms with Gasteiger partial charge in [-0.05, 0) is 55.0 Å². The first-order valence-corrected chi connectivity index (χ1v) is 9.43. The molecule has 0 amide bonds. The lowest BCUT2D eigenvalue weighted by Gasteiger charge is -2.10. The minimum absolute atomic E-state index is 0.187. The number of carbonyl (C=O) groups is 2. The van der Waals surface area contributed by atoms with Crippen LogP contribution < -0.4 is 9.47 Å². The Kier molecular flexibility index (Phi) is 4.84. The van der Waals surface area contributed by atoms with Crippen LogP contribution in [-0.4, -0.2) is 11.8 Å². The Morgan fingerprint density at radius 2 is 1.71 bits per heavy atom. The molecule has 0 radical (unpaired) electrons. The molecule has 0 N–H and O–H groups in total. The summed E-state index contributed by atoms with van der Waals surface area (Å²) in [6.45, 7) is 1.77. The third-order valence-electron chi connectivity index (χ3n) is 4.42. The maximum atomic E-state index is 12.6. The molecule has 3 aromatic carbocycles. The van der Waals surface area contributed by atoms with Gasteiger partial charge in [0, 0.05) is 10.0 Å². The molecule has 28 heavy (non-hydrogen) atoms. The van der Waals surface area contributed by atoms with E-state index < -0.39 is 5.97 Å². The Balaban J connectivity index is 1.61. The van der Waals surface area contributed by atoms with Crippen LogP contribution in [0, 0.1) is 6.92 Å². The maximum Gasteiger partial charge on any atom is 0.343 e. The zero-order chi connectivity index (χ0) is 19.7. The van der Waals surface area contributed by atoms with Crippen LogP contribution >= 0.6 is 15.9 Å². The Morgan fingerprint density at radius 3 is 2.43 bits per heavy atom. The molecule has 3 aromatic rings. The van der Waals surface area contributed by atoms with Crippen molar-refractivity contribution in [2.45, 2.75) is 6.92 Å². The number of hydrogen-bond donors (Lipinski definition) is 0. The van der Waals surface area contributed by atoms with Gasteiger partial charge in [-0.3, -0.25) is 4.79 Å². The maximum absolute atomic E-state index is 12.6. The molecule has 1 aliphatic rings. The van der Waals surface area contributed by atoms with E-state index in [9.17, 15) is 9.59 Å². The smallest absolute Gasteiger partial charge is 0.343 e. The average molecular weight is 435 g/mol. The lowest BCUT2D eigenvalue weighted by atomic mass is 10.1. The van der Waals surface area contributed by atoms with Crippen LogP contribution in [0.5, 0.6) is 11.5 Å².